The number of nitrogens with two attached hydrogens (primary N) is 2. The molecule has 6 N–H and O–H groups in total. The highest BCUT2D eigenvalue weighted by Gasteiger charge is 2.10. The molecular weight excluding hydrogens is 386 g/mol. The van der Waals surface area contributed by atoms with Gasteiger partial charge in [0.05, 0.1) is 11.1 Å². The van der Waals surface area contributed by atoms with Crippen LogP contribution in [-0.4, -0.2) is 26.2 Å². The van der Waals surface area contributed by atoms with Gasteiger partial charge in [-0.3, -0.25) is 5.10 Å². The van der Waals surface area contributed by atoms with Gasteiger partial charge in [-0.2, -0.15) is 10.1 Å². The van der Waals surface area contributed by atoms with Crippen LogP contribution < -0.4 is 16.8 Å². The molecule has 0 unspecified atom stereocenters. The summed E-state index contributed by atoms with van der Waals surface area (Å²) in [6.07, 6.45) is 8.36. The van der Waals surface area contributed by atoms with Gasteiger partial charge in [0.25, 0.3) is 0 Å². The van der Waals surface area contributed by atoms with Gasteiger partial charge in [-0.1, -0.05) is 61.7 Å². The van der Waals surface area contributed by atoms with E-state index < -0.39 is 0 Å². The van der Waals surface area contributed by atoms with Crippen LogP contribution in [0.2, 0.25) is 0 Å². The summed E-state index contributed by atoms with van der Waals surface area (Å²) in [6, 6.07) is 19.0. The van der Waals surface area contributed by atoms with E-state index in [2.05, 4.69) is 43.7 Å². The van der Waals surface area contributed by atoms with Gasteiger partial charge in [0.2, 0.25) is 5.95 Å². The molecular formula is C24H29N7. The molecule has 1 aliphatic carbocycles. The molecule has 1 saturated carbocycles. The van der Waals surface area contributed by atoms with Gasteiger partial charge in [-0.25, -0.2) is 4.98 Å². The number of aromatic amines is 1. The molecule has 0 radical (unpaired) electrons. The second-order valence-corrected chi connectivity index (χ2v) is 7.88. The van der Waals surface area contributed by atoms with Crippen LogP contribution in [0.5, 0.6) is 0 Å². The first kappa shape index (κ1) is 20.8. The smallest absolute Gasteiger partial charge is 0.222 e. The van der Waals surface area contributed by atoms with Crippen LogP contribution >= 0.6 is 0 Å². The molecule has 2 aromatic carbocycles. The Bertz CT molecular complexity index is 1100. The number of aromatic nitrogens is 4. The summed E-state index contributed by atoms with van der Waals surface area (Å²) in [6.45, 7) is 0.771. The molecule has 0 spiro atoms. The molecule has 5 rings (SSSR count). The molecule has 0 bridgehead atoms. The van der Waals surface area contributed by atoms with E-state index in [1.165, 1.54) is 37.7 Å². The largest absolute Gasteiger partial charge is 0.381 e. The normalized spacial score (nSPS) is 14.1. The second-order valence-electron chi connectivity index (χ2n) is 7.88. The first-order valence-corrected chi connectivity index (χ1v) is 10.8. The Hall–Kier alpha value is -3.45. The summed E-state index contributed by atoms with van der Waals surface area (Å²) >= 11 is 0. The zero-order chi connectivity index (χ0) is 21.5. The molecule has 31 heavy (non-hydrogen) atoms. The quantitative estimate of drug-likeness (QED) is 0.390. The fourth-order valence-corrected chi connectivity index (χ4v) is 3.76. The molecule has 1 aliphatic rings. The van der Waals surface area contributed by atoms with Crippen molar-refractivity contribution >= 4 is 22.7 Å². The topological polar surface area (TPSA) is 119 Å². The van der Waals surface area contributed by atoms with E-state index in [1.54, 1.807) is 6.20 Å². The SMILES string of the molecule is NC1CCCCC1.Nc1ncc2c(-c3cccc(NCc4ccccc4)c3)[nH]nc2n1. The number of nitrogens with one attached hydrogen (secondary N) is 2. The number of benzene rings is 2. The number of anilines is 2. The van der Waals surface area contributed by atoms with Crippen molar-refractivity contribution in [2.75, 3.05) is 11.1 Å². The maximum absolute atomic E-state index is 5.63. The lowest BCUT2D eigenvalue weighted by Crippen LogP contribution is -2.22. The fraction of sp³-hybridized carbons (Fsp3) is 0.292. The molecule has 160 valence electrons. The van der Waals surface area contributed by atoms with E-state index in [4.69, 9.17) is 11.5 Å². The Morgan fingerprint density at radius 1 is 1.00 bits per heavy atom. The summed E-state index contributed by atoms with van der Waals surface area (Å²) in [4.78, 5) is 8.18. The van der Waals surface area contributed by atoms with Crippen LogP contribution in [-0.2, 0) is 6.54 Å². The van der Waals surface area contributed by atoms with E-state index in [0.29, 0.717) is 11.7 Å². The van der Waals surface area contributed by atoms with Crippen LogP contribution in [0.3, 0.4) is 0 Å². The number of rotatable bonds is 4. The van der Waals surface area contributed by atoms with Crippen LogP contribution in [0.25, 0.3) is 22.3 Å². The van der Waals surface area contributed by atoms with Crippen molar-refractivity contribution in [3.8, 4) is 11.3 Å². The Morgan fingerprint density at radius 3 is 2.55 bits per heavy atom. The number of hydrogen-bond donors (Lipinski definition) is 4. The predicted molar refractivity (Wildman–Crippen MR) is 126 cm³/mol. The third kappa shape index (κ3) is 5.58. The zero-order valence-corrected chi connectivity index (χ0v) is 17.6. The molecule has 0 saturated heterocycles. The lowest BCUT2D eigenvalue weighted by atomic mass is 9.97. The maximum Gasteiger partial charge on any atom is 0.222 e. The van der Waals surface area contributed by atoms with E-state index in [1.807, 2.05) is 36.4 Å². The van der Waals surface area contributed by atoms with E-state index in [-0.39, 0.29) is 5.95 Å². The van der Waals surface area contributed by atoms with Crippen molar-refractivity contribution in [3.63, 3.8) is 0 Å². The molecule has 0 amide bonds. The monoisotopic (exact) mass is 415 g/mol. The number of nitrogen functional groups attached to an aromatic ring is 1. The van der Waals surface area contributed by atoms with Crippen molar-refractivity contribution in [1.29, 1.82) is 0 Å². The van der Waals surface area contributed by atoms with Crippen LogP contribution in [0.1, 0.15) is 37.7 Å². The van der Waals surface area contributed by atoms with Gasteiger partial charge >= 0.3 is 0 Å². The van der Waals surface area contributed by atoms with Crippen LogP contribution in [0.15, 0.2) is 60.8 Å². The van der Waals surface area contributed by atoms with Crippen LogP contribution in [0.4, 0.5) is 11.6 Å². The minimum atomic E-state index is 0.221. The number of nitrogens with zero attached hydrogens (tertiary/aromatic N) is 3. The number of hydrogen-bond acceptors (Lipinski definition) is 6. The third-order valence-electron chi connectivity index (χ3n) is 5.47. The van der Waals surface area contributed by atoms with Gasteiger partial charge in [-0.15, -0.1) is 0 Å². The second kappa shape index (κ2) is 10.0. The molecule has 2 heterocycles. The zero-order valence-electron chi connectivity index (χ0n) is 17.6. The highest BCUT2D eigenvalue weighted by molar-refractivity contribution is 5.91. The summed E-state index contributed by atoms with van der Waals surface area (Å²) in [5.41, 5.74) is 16.0. The lowest BCUT2D eigenvalue weighted by molar-refractivity contribution is 0.441. The van der Waals surface area contributed by atoms with Gasteiger partial charge in [0.1, 0.15) is 0 Å². The summed E-state index contributed by atoms with van der Waals surface area (Å²) in [5, 5.41) is 11.5. The van der Waals surface area contributed by atoms with E-state index in [9.17, 15) is 0 Å². The standard InChI is InChI=1S/C18H16N6.C6H13N/c19-18-21-11-15-16(23-24-17(15)22-18)13-7-4-8-14(9-13)20-10-12-5-2-1-3-6-12;7-6-4-2-1-3-5-6/h1-9,11,20H,10H2,(H3,19,21,22,23,24);6H,1-5,7H2. The molecule has 2 aromatic heterocycles. The molecule has 1 fully saturated rings. The average Bonchev–Trinajstić information content (AvgIpc) is 3.23. The lowest BCUT2D eigenvalue weighted by Gasteiger charge is -2.15. The fourth-order valence-electron chi connectivity index (χ4n) is 3.76. The van der Waals surface area contributed by atoms with Crippen LogP contribution in [0, 0.1) is 0 Å². The minimum absolute atomic E-state index is 0.221. The summed E-state index contributed by atoms with van der Waals surface area (Å²) in [5.74, 6) is 0.221. The van der Waals surface area contributed by atoms with E-state index >= 15 is 0 Å². The van der Waals surface area contributed by atoms with Crippen molar-refractivity contribution in [3.05, 3.63) is 66.4 Å². The van der Waals surface area contributed by atoms with Gasteiger partial charge in [-0.05, 0) is 30.5 Å². The Kier molecular flexibility index (Phi) is 6.74. The molecule has 7 heteroatoms. The molecule has 4 aromatic rings. The minimum Gasteiger partial charge on any atom is -0.381 e. The Morgan fingerprint density at radius 2 is 1.81 bits per heavy atom. The highest BCUT2D eigenvalue weighted by atomic mass is 15.2. The third-order valence-corrected chi connectivity index (χ3v) is 5.47. The van der Waals surface area contributed by atoms with Crippen molar-refractivity contribution in [2.24, 2.45) is 5.73 Å². The highest BCUT2D eigenvalue weighted by Crippen LogP contribution is 2.27. The average molecular weight is 416 g/mol. The Balaban J connectivity index is 0.000000282. The van der Waals surface area contributed by atoms with E-state index in [0.717, 1.165) is 28.9 Å². The molecule has 7 nitrogen and oxygen atoms in total. The summed E-state index contributed by atoms with van der Waals surface area (Å²) < 4.78 is 0. The van der Waals surface area contributed by atoms with Gasteiger partial charge < -0.3 is 16.8 Å². The molecule has 0 aliphatic heterocycles. The maximum atomic E-state index is 5.63. The number of fused-ring (bicyclic) bond motifs is 1. The Labute approximate surface area is 182 Å². The van der Waals surface area contributed by atoms with Crippen molar-refractivity contribution in [1.82, 2.24) is 20.2 Å². The van der Waals surface area contributed by atoms with Crippen molar-refractivity contribution in [2.45, 2.75) is 44.7 Å². The predicted octanol–water partition coefficient (Wildman–Crippen LogP) is 4.49. The van der Waals surface area contributed by atoms with Gasteiger partial charge in [0.15, 0.2) is 5.65 Å². The van der Waals surface area contributed by atoms with Crippen molar-refractivity contribution < 1.29 is 0 Å². The van der Waals surface area contributed by atoms with Gasteiger partial charge in [0, 0.05) is 30.0 Å². The summed E-state index contributed by atoms with van der Waals surface area (Å²) in [7, 11) is 0. The number of H-pyrrole nitrogens is 1. The molecule has 0 atom stereocenters. The first-order valence-electron chi connectivity index (χ1n) is 10.8. The first-order chi connectivity index (χ1) is 15.2.